The number of likely N-dealkylation sites (tertiary alicyclic amines) is 1. The van der Waals surface area contributed by atoms with Crippen molar-refractivity contribution in [2.75, 3.05) is 13.2 Å². The van der Waals surface area contributed by atoms with Crippen molar-refractivity contribution in [3.8, 4) is 0 Å². The van der Waals surface area contributed by atoms with E-state index in [2.05, 4.69) is 13.8 Å². The van der Waals surface area contributed by atoms with Gasteiger partial charge in [0.25, 0.3) is 0 Å². The first-order valence-electron chi connectivity index (χ1n) is 9.33. The zero-order chi connectivity index (χ0) is 18.9. The Labute approximate surface area is 158 Å². The molecule has 130 valence electrons. The SMILES string of the molecule is [B]C1C([B])C(C(C)C)C([B])C([B])C1OCC1C(N)CCCN1C(C)=O. The summed E-state index contributed by atoms with van der Waals surface area (Å²) in [6, 6.07) is -0.277. The van der Waals surface area contributed by atoms with Gasteiger partial charge in [0, 0.05) is 25.6 Å². The summed E-state index contributed by atoms with van der Waals surface area (Å²) in [4.78, 5) is 13.7. The molecule has 2 N–H and O–H groups in total. The molecule has 1 saturated heterocycles. The van der Waals surface area contributed by atoms with E-state index in [1.54, 1.807) is 11.8 Å². The maximum atomic E-state index is 11.9. The van der Waals surface area contributed by atoms with Crippen molar-refractivity contribution in [2.24, 2.45) is 17.6 Å². The second kappa shape index (κ2) is 8.56. The van der Waals surface area contributed by atoms with Crippen molar-refractivity contribution in [3.05, 3.63) is 0 Å². The Morgan fingerprint density at radius 3 is 2.20 bits per heavy atom. The molecule has 0 spiro atoms. The zero-order valence-corrected chi connectivity index (χ0v) is 15.7. The van der Waals surface area contributed by atoms with E-state index < -0.39 is 17.7 Å². The van der Waals surface area contributed by atoms with Gasteiger partial charge in [-0.05, 0) is 24.7 Å². The Hall–Kier alpha value is -0.350. The maximum absolute atomic E-state index is 11.9. The molecule has 1 heterocycles. The van der Waals surface area contributed by atoms with Gasteiger partial charge in [0.15, 0.2) is 0 Å². The monoisotopic (exact) mass is 336 g/mol. The minimum Gasteiger partial charge on any atom is -0.377 e. The third-order valence-corrected chi connectivity index (χ3v) is 6.00. The fourth-order valence-electron chi connectivity index (χ4n) is 4.48. The van der Waals surface area contributed by atoms with Crippen LogP contribution in [-0.4, -0.2) is 73.5 Å². The lowest BCUT2D eigenvalue weighted by Gasteiger charge is -2.51. The van der Waals surface area contributed by atoms with Crippen molar-refractivity contribution in [1.29, 1.82) is 0 Å². The third-order valence-electron chi connectivity index (χ3n) is 6.00. The van der Waals surface area contributed by atoms with Gasteiger partial charge in [-0.25, -0.2) is 0 Å². The van der Waals surface area contributed by atoms with E-state index in [-0.39, 0.29) is 35.5 Å². The van der Waals surface area contributed by atoms with Crippen LogP contribution in [0.3, 0.4) is 0 Å². The molecule has 6 atom stereocenters. The van der Waals surface area contributed by atoms with Crippen molar-refractivity contribution >= 4 is 37.3 Å². The molecule has 1 amide bonds. The molecular weight excluding hydrogens is 307 g/mol. The van der Waals surface area contributed by atoms with Gasteiger partial charge in [0.1, 0.15) is 0 Å². The fraction of sp³-hybridized carbons (Fsp3) is 0.941. The summed E-state index contributed by atoms with van der Waals surface area (Å²) in [5.41, 5.74) is 6.22. The molecule has 4 nitrogen and oxygen atoms in total. The molecule has 2 rings (SSSR count). The quantitative estimate of drug-likeness (QED) is 0.774. The minimum atomic E-state index is -0.442. The highest BCUT2D eigenvalue weighted by Gasteiger charge is 2.44. The lowest BCUT2D eigenvalue weighted by molar-refractivity contribution is -0.135. The van der Waals surface area contributed by atoms with E-state index in [0.717, 1.165) is 12.8 Å². The molecule has 1 aliphatic carbocycles. The molecule has 1 aliphatic heterocycles. The zero-order valence-electron chi connectivity index (χ0n) is 15.7. The van der Waals surface area contributed by atoms with E-state index in [9.17, 15) is 4.79 Å². The van der Waals surface area contributed by atoms with Crippen LogP contribution in [0, 0.1) is 11.8 Å². The largest absolute Gasteiger partial charge is 0.377 e. The van der Waals surface area contributed by atoms with Crippen molar-refractivity contribution in [2.45, 2.75) is 75.1 Å². The van der Waals surface area contributed by atoms with Gasteiger partial charge < -0.3 is 15.4 Å². The molecule has 1 saturated carbocycles. The standard InChI is InChI=1S/C17H28B4N2O2/c1-8(2)12-13(18)15(20)17(16(21)14(12)19)25-7-11-10(22)5-4-6-23(11)9(3)24/h8,10-17H,4-7,22H2,1-3H3. The molecule has 8 radical (unpaired) electrons. The summed E-state index contributed by atoms with van der Waals surface area (Å²) in [5.74, 6) is -0.985. The van der Waals surface area contributed by atoms with E-state index in [1.165, 1.54) is 0 Å². The lowest BCUT2D eigenvalue weighted by Crippen LogP contribution is -2.56. The number of nitrogens with two attached hydrogens (primary N) is 1. The van der Waals surface area contributed by atoms with E-state index in [1.807, 2.05) is 0 Å². The first-order chi connectivity index (χ1) is 11.7. The number of carbonyl (C=O) groups is 1. The number of hydrogen-bond donors (Lipinski definition) is 1. The molecule has 2 aliphatic rings. The smallest absolute Gasteiger partial charge is 0.219 e. The van der Waals surface area contributed by atoms with Crippen LogP contribution in [0.2, 0.25) is 23.3 Å². The van der Waals surface area contributed by atoms with Crippen LogP contribution >= 0.6 is 0 Å². The Kier molecular flexibility index (Phi) is 7.17. The predicted octanol–water partition coefficient (Wildman–Crippen LogP) is 0.824. The Bertz CT molecular complexity index is 452. The maximum Gasteiger partial charge on any atom is 0.219 e. The highest BCUT2D eigenvalue weighted by Crippen LogP contribution is 2.53. The molecule has 0 aromatic rings. The van der Waals surface area contributed by atoms with Gasteiger partial charge in [-0.15, -0.1) is 0 Å². The van der Waals surface area contributed by atoms with Crippen LogP contribution in [0.5, 0.6) is 0 Å². The van der Waals surface area contributed by atoms with E-state index in [4.69, 9.17) is 41.9 Å². The summed E-state index contributed by atoms with van der Waals surface area (Å²) in [6.45, 7) is 6.72. The molecule has 8 heteroatoms. The van der Waals surface area contributed by atoms with Gasteiger partial charge in [-0.1, -0.05) is 37.1 Å². The Morgan fingerprint density at radius 1 is 1.16 bits per heavy atom. The number of nitrogens with zero attached hydrogens (tertiary/aromatic N) is 1. The van der Waals surface area contributed by atoms with Gasteiger partial charge in [-0.3, -0.25) is 4.79 Å². The van der Waals surface area contributed by atoms with Crippen LogP contribution in [0.4, 0.5) is 0 Å². The van der Waals surface area contributed by atoms with Crippen LogP contribution in [0.1, 0.15) is 33.6 Å². The average Bonchev–Trinajstić information content (AvgIpc) is 2.53. The molecule has 0 bridgehead atoms. The number of hydrogen-bond acceptors (Lipinski definition) is 3. The van der Waals surface area contributed by atoms with Crippen molar-refractivity contribution < 1.29 is 9.53 Å². The number of rotatable bonds is 4. The number of piperidine rings is 1. The number of amides is 1. The lowest BCUT2D eigenvalue weighted by atomic mass is 9.41. The first kappa shape index (κ1) is 21.0. The number of ether oxygens (including phenoxy) is 1. The average molecular weight is 336 g/mol. The minimum absolute atomic E-state index is 0.00858. The molecule has 25 heavy (non-hydrogen) atoms. The molecule has 0 aromatic carbocycles. The van der Waals surface area contributed by atoms with Crippen LogP contribution in [0.15, 0.2) is 0 Å². The van der Waals surface area contributed by atoms with E-state index >= 15 is 0 Å². The third kappa shape index (κ3) is 4.32. The highest BCUT2D eigenvalue weighted by atomic mass is 16.5. The molecular formula is C17H28B4N2O2. The summed E-state index contributed by atoms with van der Waals surface area (Å²) >= 11 is 0. The van der Waals surface area contributed by atoms with Crippen LogP contribution in [0.25, 0.3) is 0 Å². The topological polar surface area (TPSA) is 55.6 Å². The summed E-state index contributed by atoms with van der Waals surface area (Å²) < 4.78 is 6.08. The molecule has 6 unspecified atom stereocenters. The summed E-state index contributed by atoms with van der Waals surface area (Å²) in [7, 11) is 25.4. The van der Waals surface area contributed by atoms with Crippen molar-refractivity contribution in [1.82, 2.24) is 4.90 Å². The van der Waals surface area contributed by atoms with Crippen molar-refractivity contribution in [3.63, 3.8) is 0 Å². The summed E-state index contributed by atoms with van der Waals surface area (Å²) in [5, 5.41) is 0. The first-order valence-corrected chi connectivity index (χ1v) is 9.33. The number of carbonyl (C=O) groups excluding carboxylic acids is 1. The predicted molar refractivity (Wildman–Crippen MR) is 104 cm³/mol. The Morgan fingerprint density at radius 2 is 1.72 bits per heavy atom. The van der Waals surface area contributed by atoms with Gasteiger partial charge in [0.05, 0.1) is 44.0 Å². The van der Waals surface area contributed by atoms with Gasteiger partial charge in [-0.2, -0.15) is 0 Å². The van der Waals surface area contributed by atoms with Gasteiger partial charge in [0.2, 0.25) is 5.91 Å². The normalized spacial score (nSPS) is 42.5. The van der Waals surface area contributed by atoms with Gasteiger partial charge >= 0.3 is 0 Å². The second-order valence-electron chi connectivity index (χ2n) is 8.01. The highest BCUT2D eigenvalue weighted by molar-refractivity contribution is 6.27. The fourth-order valence-corrected chi connectivity index (χ4v) is 4.48. The molecule has 0 aromatic heterocycles. The van der Waals surface area contributed by atoms with E-state index in [0.29, 0.717) is 19.1 Å². The van der Waals surface area contributed by atoms with Crippen LogP contribution < -0.4 is 5.73 Å². The van der Waals surface area contributed by atoms with Crippen LogP contribution in [-0.2, 0) is 9.53 Å². The summed E-state index contributed by atoms with van der Waals surface area (Å²) in [6.07, 6.45) is 1.34. The Balaban J connectivity index is 2.07. The molecule has 2 fully saturated rings. The second-order valence-corrected chi connectivity index (χ2v) is 8.01.